The Hall–Kier alpha value is -3.44. The van der Waals surface area contributed by atoms with Crippen molar-refractivity contribution in [3.05, 3.63) is 60.1 Å². The molecule has 11 heteroatoms. The minimum Gasteiger partial charge on any atom is -0.479 e. The number of ether oxygens (including phenoxy) is 1. The normalized spacial score (nSPS) is 15.6. The fourth-order valence-corrected chi connectivity index (χ4v) is 4.98. The highest BCUT2D eigenvalue weighted by Gasteiger charge is 2.31. The van der Waals surface area contributed by atoms with Crippen LogP contribution < -0.4 is 19.7 Å². The van der Waals surface area contributed by atoms with Crippen LogP contribution in [-0.2, 0) is 19.6 Å². The molecule has 2 amide bonds. The Balaban J connectivity index is 1.37. The predicted molar refractivity (Wildman–Crippen MR) is 121 cm³/mol. The third-order valence-electron chi connectivity index (χ3n) is 4.74. The first-order valence-corrected chi connectivity index (χ1v) is 12.1. The topological polar surface area (TPSA) is 118 Å². The van der Waals surface area contributed by atoms with Crippen molar-refractivity contribution in [2.75, 3.05) is 21.5 Å². The standard InChI is InChI=1S/C21H20N4O5S2/c1-14-20(27)25(17-4-2-3-5-18(17)30-14)12-10-19(26)23-15-6-8-16(9-7-15)32(28,29)24-21-22-11-13-31-21/h2-9,11,13-14H,10,12H2,1H3,(H,22,24)(H,23,26). The lowest BCUT2D eigenvalue weighted by Gasteiger charge is -2.32. The van der Waals surface area contributed by atoms with E-state index in [-0.39, 0.29) is 34.8 Å². The maximum atomic E-state index is 12.5. The van der Waals surface area contributed by atoms with E-state index >= 15 is 0 Å². The van der Waals surface area contributed by atoms with Crippen LogP contribution in [0.5, 0.6) is 5.75 Å². The number of hydrogen-bond acceptors (Lipinski definition) is 7. The summed E-state index contributed by atoms with van der Waals surface area (Å²) in [6, 6.07) is 13.0. The van der Waals surface area contributed by atoms with Crippen LogP contribution in [0.2, 0.25) is 0 Å². The monoisotopic (exact) mass is 472 g/mol. The molecule has 0 aliphatic carbocycles. The Labute approximate surface area is 189 Å². The number of carbonyl (C=O) groups is 2. The number of nitrogens with one attached hydrogen (secondary N) is 2. The van der Waals surface area contributed by atoms with Crippen molar-refractivity contribution >= 4 is 49.7 Å². The van der Waals surface area contributed by atoms with Crippen LogP contribution in [0.25, 0.3) is 0 Å². The Morgan fingerprint density at radius 1 is 1.19 bits per heavy atom. The van der Waals surface area contributed by atoms with Gasteiger partial charge in [0.2, 0.25) is 5.91 Å². The van der Waals surface area contributed by atoms with Gasteiger partial charge in [0.25, 0.3) is 15.9 Å². The number of nitrogens with zero attached hydrogens (tertiary/aromatic N) is 2. The van der Waals surface area contributed by atoms with E-state index in [1.807, 2.05) is 6.07 Å². The van der Waals surface area contributed by atoms with Crippen molar-refractivity contribution in [1.29, 1.82) is 0 Å². The molecule has 1 aliphatic rings. The second-order valence-corrected chi connectivity index (χ2v) is 9.56. The summed E-state index contributed by atoms with van der Waals surface area (Å²) in [7, 11) is -3.76. The fourth-order valence-electron chi connectivity index (χ4n) is 3.19. The van der Waals surface area contributed by atoms with E-state index < -0.39 is 16.1 Å². The van der Waals surface area contributed by atoms with Gasteiger partial charge in [0.15, 0.2) is 11.2 Å². The third kappa shape index (κ3) is 4.73. The van der Waals surface area contributed by atoms with Gasteiger partial charge in [0, 0.05) is 30.2 Å². The smallest absolute Gasteiger partial charge is 0.267 e. The molecule has 0 fully saturated rings. The largest absolute Gasteiger partial charge is 0.479 e. The Kier molecular flexibility index (Phi) is 6.10. The minimum atomic E-state index is -3.76. The van der Waals surface area contributed by atoms with Crippen LogP contribution in [0.15, 0.2) is 65.0 Å². The molecule has 9 nitrogen and oxygen atoms in total. The number of benzene rings is 2. The molecular weight excluding hydrogens is 452 g/mol. The lowest BCUT2D eigenvalue weighted by molar-refractivity contribution is -0.125. The summed E-state index contributed by atoms with van der Waals surface area (Å²) in [5.41, 5.74) is 1.08. The van der Waals surface area contributed by atoms with Gasteiger partial charge in [0.05, 0.1) is 10.6 Å². The van der Waals surface area contributed by atoms with E-state index in [1.54, 1.807) is 35.4 Å². The molecule has 2 N–H and O–H groups in total. The first-order chi connectivity index (χ1) is 15.3. The molecule has 0 saturated carbocycles. The fraction of sp³-hybridized carbons (Fsp3) is 0.190. The number of aromatic nitrogens is 1. The number of fused-ring (bicyclic) bond motifs is 1. The van der Waals surface area contributed by atoms with Crippen molar-refractivity contribution in [2.24, 2.45) is 0 Å². The number of para-hydroxylation sites is 2. The highest BCUT2D eigenvalue weighted by molar-refractivity contribution is 7.93. The summed E-state index contributed by atoms with van der Waals surface area (Å²) < 4.78 is 32.8. The molecule has 4 rings (SSSR count). The van der Waals surface area contributed by atoms with Crippen molar-refractivity contribution in [1.82, 2.24) is 4.98 Å². The molecule has 0 spiro atoms. The molecule has 32 heavy (non-hydrogen) atoms. The molecular formula is C21H20N4O5S2. The van der Waals surface area contributed by atoms with Crippen LogP contribution in [0.3, 0.4) is 0 Å². The number of carbonyl (C=O) groups excluding carboxylic acids is 2. The maximum absolute atomic E-state index is 12.5. The first-order valence-electron chi connectivity index (χ1n) is 9.73. The van der Waals surface area contributed by atoms with Gasteiger partial charge in [-0.3, -0.25) is 14.3 Å². The van der Waals surface area contributed by atoms with Gasteiger partial charge in [-0.05, 0) is 43.3 Å². The summed E-state index contributed by atoms with van der Waals surface area (Å²) in [4.78, 5) is 30.4. The van der Waals surface area contributed by atoms with Crippen LogP contribution in [0, 0.1) is 0 Å². The summed E-state index contributed by atoms with van der Waals surface area (Å²) in [5, 5.41) is 4.66. The molecule has 1 aliphatic heterocycles. The highest BCUT2D eigenvalue weighted by Crippen LogP contribution is 2.33. The number of amides is 2. The maximum Gasteiger partial charge on any atom is 0.267 e. The van der Waals surface area contributed by atoms with Crippen molar-refractivity contribution in [2.45, 2.75) is 24.3 Å². The Bertz CT molecular complexity index is 1230. The minimum absolute atomic E-state index is 0.0511. The number of anilines is 3. The molecule has 2 heterocycles. The van der Waals surface area contributed by atoms with Gasteiger partial charge in [-0.1, -0.05) is 12.1 Å². The zero-order valence-corrected chi connectivity index (χ0v) is 18.7. The van der Waals surface area contributed by atoms with Crippen molar-refractivity contribution in [3.8, 4) is 5.75 Å². The first kappa shape index (κ1) is 21.8. The summed E-state index contributed by atoms with van der Waals surface area (Å²) in [5.74, 6) is 0.0906. The van der Waals surface area contributed by atoms with Gasteiger partial charge in [-0.25, -0.2) is 13.4 Å². The lowest BCUT2D eigenvalue weighted by atomic mass is 10.1. The van der Waals surface area contributed by atoms with Crippen LogP contribution in [-0.4, -0.2) is 37.9 Å². The second kappa shape index (κ2) is 8.97. The molecule has 166 valence electrons. The SMILES string of the molecule is CC1Oc2ccccc2N(CCC(=O)Nc2ccc(S(=O)(=O)Nc3nccs3)cc2)C1=O. The van der Waals surface area contributed by atoms with E-state index in [0.717, 1.165) is 0 Å². The van der Waals surface area contributed by atoms with E-state index in [0.29, 0.717) is 17.1 Å². The predicted octanol–water partition coefficient (Wildman–Crippen LogP) is 3.09. The summed E-state index contributed by atoms with van der Waals surface area (Å²) >= 11 is 1.18. The van der Waals surface area contributed by atoms with E-state index in [1.165, 1.54) is 41.8 Å². The molecule has 0 radical (unpaired) electrons. The number of sulfonamides is 1. The number of hydrogen-bond donors (Lipinski definition) is 2. The van der Waals surface area contributed by atoms with Gasteiger partial charge >= 0.3 is 0 Å². The number of rotatable bonds is 7. The molecule has 1 atom stereocenters. The van der Waals surface area contributed by atoms with E-state index in [9.17, 15) is 18.0 Å². The molecule has 0 saturated heterocycles. The van der Waals surface area contributed by atoms with Gasteiger partial charge in [-0.15, -0.1) is 11.3 Å². The average molecular weight is 473 g/mol. The number of thiazole rings is 1. The Morgan fingerprint density at radius 3 is 2.66 bits per heavy atom. The third-order valence-corrected chi connectivity index (χ3v) is 6.91. The van der Waals surface area contributed by atoms with Gasteiger partial charge < -0.3 is 15.0 Å². The Morgan fingerprint density at radius 2 is 1.94 bits per heavy atom. The van der Waals surface area contributed by atoms with Gasteiger partial charge in [0.1, 0.15) is 5.75 Å². The molecule has 1 unspecified atom stereocenters. The zero-order chi connectivity index (χ0) is 22.7. The van der Waals surface area contributed by atoms with Crippen LogP contribution in [0.4, 0.5) is 16.5 Å². The summed E-state index contributed by atoms with van der Waals surface area (Å²) in [6.45, 7) is 1.86. The molecule has 1 aromatic heterocycles. The van der Waals surface area contributed by atoms with E-state index in [2.05, 4.69) is 15.0 Å². The van der Waals surface area contributed by atoms with Crippen LogP contribution >= 0.6 is 11.3 Å². The zero-order valence-electron chi connectivity index (χ0n) is 17.0. The molecule has 0 bridgehead atoms. The second-order valence-electron chi connectivity index (χ2n) is 6.98. The molecule has 3 aromatic rings. The van der Waals surface area contributed by atoms with Crippen molar-refractivity contribution in [3.63, 3.8) is 0 Å². The summed E-state index contributed by atoms with van der Waals surface area (Å²) in [6.07, 6.45) is 0.948. The van der Waals surface area contributed by atoms with Crippen LogP contribution in [0.1, 0.15) is 13.3 Å². The quantitative estimate of drug-likeness (QED) is 0.546. The average Bonchev–Trinajstić information content (AvgIpc) is 3.27. The molecule has 2 aromatic carbocycles. The highest BCUT2D eigenvalue weighted by atomic mass is 32.2. The van der Waals surface area contributed by atoms with Crippen molar-refractivity contribution < 1.29 is 22.7 Å². The lowest BCUT2D eigenvalue weighted by Crippen LogP contribution is -2.45. The van der Waals surface area contributed by atoms with E-state index in [4.69, 9.17) is 4.74 Å². The van der Waals surface area contributed by atoms with Gasteiger partial charge in [-0.2, -0.15) is 0 Å².